The number of nitrogens with zero attached hydrogens (tertiary/aromatic N) is 1. The average molecular weight is 331 g/mol. The van der Waals surface area contributed by atoms with Crippen LogP contribution in [0.5, 0.6) is 5.75 Å². The zero-order valence-corrected chi connectivity index (χ0v) is 13.1. The highest BCUT2D eigenvalue weighted by Gasteiger charge is 2.19. The fourth-order valence-corrected chi connectivity index (χ4v) is 2.66. The van der Waals surface area contributed by atoms with Crippen molar-refractivity contribution in [2.24, 2.45) is 0 Å². The minimum atomic E-state index is -1.08. The van der Waals surface area contributed by atoms with Crippen molar-refractivity contribution in [1.29, 1.82) is 0 Å². The van der Waals surface area contributed by atoms with Crippen LogP contribution in [0, 0.1) is 0 Å². The molecular formula is C17H17NO6. The number of carboxylic acids is 1. The molecule has 1 aromatic carbocycles. The summed E-state index contributed by atoms with van der Waals surface area (Å²) < 4.78 is 17.6. The van der Waals surface area contributed by atoms with Crippen LogP contribution in [0.25, 0.3) is 17.0 Å². The smallest absolute Gasteiger partial charge is 0.328 e. The molecular weight excluding hydrogens is 314 g/mol. The predicted octanol–water partition coefficient (Wildman–Crippen LogP) is 1.48. The molecule has 0 spiro atoms. The quantitative estimate of drug-likeness (QED) is 0.835. The summed E-state index contributed by atoms with van der Waals surface area (Å²) in [6.07, 6.45) is 1.94. The highest BCUT2D eigenvalue weighted by Crippen LogP contribution is 2.24. The monoisotopic (exact) mass is 331 g/mol. The summed E-state index contributed by atoms with van der Waals surface area (Å²) in [4.78, 5) is 23.3. The van der Waals surface area contributed by atoms with Gasteiger partial charge < -0.3 is 23.9 Å². The van der Waals surface area contributed by atoms with Gasteiger partial charge in [0, 0.05) is 23.6 Å². The summed E-state index contributed by atoms with van der Waals surface area (Å²) in [5, 5.41) is 9.56. The zero-order valence-electron chi connectivity index (χ0n) is 13.1. The molecule has 1 fully saturated rings. The van der Waals surface area contributed by atoms with Crippen LogP contribution in [-0.2, 0) is 20.8 Å². The van der Waals surface area contributed by atoms with E-state index in [1.807, 2.05) is 0 Å². The van der Waals surface area contributed by atoms with E-state index in [1.54, 1.807) is 29.9 Å². The molecule has 0 radical (unpaired) electrons. The van der Waals surface area contributed by atoms with Gasteiger partial charge in [0.25, 0.3) is 5.56 Å². The Hall–Kier alpha value is -2.64. The largest absolute Gasteiger partial charge is 0.497 e. The Morgan fingerprint density at radius 1 is 1.38 bits per heavy atom. The zero-order chi connectivity index (χ0) is 17.1. The number of methoxy groups -OCH3 is 1. The van der Waals surface area contributed by atoms with Crippen LogP contribution in [0.2, 0.25) is 0 Å². The van der Waals surface area contributed by atoms with E-state index in [9.17, 15) is 9.59 Å². The summed E-state index contributed by atoms with van der Waals surface area (Å²) >= 11 is 0. The molecule has 0 unspecified atom stereocenters. The number of ether oxygens (including phenoxy) is 3. The molecule has 0 saturated carbocycles. The van der Waals surface area contributed by atoms with Crippen LogP contribution in [-0.4, -0.2) is 42.3 Å². The van der Waals surface area contributed by atoms with Crippen molar-refractivity contribution in [3.63, 3.8) is 0 Å². The molecule has 1 saturated heterocycles. The molecule has 24 heavy (non-hydrogen) atoms. The van der Waals surface area contributed by atoms with E-state index in [0.29, 0.717) is 30.0 Å². The third kappa shape index (κ3) is 3.32. The molecule has 7 nitrogen and oxygen atoms in total. The molecule has 0 atom stereocenters. The normalized spacial score (nSPS) is 15.4. The molecule has 1 aliphatic heterocycles. The number of carbonyl (C=O) groups is 1. The lowest BCUT2D eigenvalue weighted by Crippen LogP contribution is -2.27. The van der Waals surface area contributed by atoms with Gasteiger partial charge in [-0.3, -0.25) is 4.79 Å². The standard InChI is InChI=1S/C17H17NO6/c1-22-12-3-4-13-11(2-5-16(20)21)8-15(19)18(14(13)9-12)10-17-23-6-7-24-17/h2-5,8-9,17H,6-7,10H2,1H3,(H,20,21). The summed E-state index contributed by atoms with van der Waals surface area (Å²) in [5.41, 5.74) is 0.899. The summed E-state index contributed by atoms with van der Waals surface area (Å²) in [6.45, 7) is 1.26. The van der Waals surface area contributed by atoms with Gasteiger partial charge in [-0.1, -0.05) is 0 Å². The Balaban J connectivity index is 2.15. The predicted molar refractivity (Wildman–Crippen MR) is 87.1 cm³/mol. The lowest BCUT2D eigenvalue weighted by molar-refractivity contribution is -0.131. The maximum absolute atomic E-state index is 12.5. The molecule has 1 aromatic heterocycles. The number of hydrogen-bond acceptors (Lipinski definition) is 5. The Labute approximate surface area is 137 Å². The maximum atomic E-state index is 12.5. The van der Waals surface area contributed by atoms with Crippen LogP contribution in [0.15, 0.2) is 35.1 Å². The Morgan fingerprint density at radius 3 is 2.79 bits per heavy atom. The van der Waals surface area contributed by atoms with Gasteiger partial charge in [0.15, 0.2) is 6.29 Å². The third-order valence-electron chi connectivity index (χ3n) is 3.78. The molecule has 0 amide bonds. The minimum absolute atomic E-state index is 0.255. The first-order valence-corrected chi connectivity index (χ1v) is 7.44. The van der Waals surface area contributed by atoms with Gasteiger partial charge in [-0.15, -0.1) is 0 Å². The van der Waals surface area contributed by atoms with Gasteiger partial charge >= 0.3 is 5.97 Å². The Kier molecular flexibility index (Phi) is 4.64. The maximum Gasteiger partial charge on any atom is 0.328 e. The molecule has 1 aliphatic rings. The first-order chi connectivity index (χ1) is 11.6. The van der Waals surface area contributed by atoms with Crippen molar-refractivity contribution >= 4 is 22.9 Å². The number of rotatable bonds is 5. The number of fused-ring (bicyclic) bond motifs is 1. The first-order valence-electron chi connectivity index (χ1n) is 7.44. The molecule has 2 aromatic rings. The Morgan fingerprint density at radius 2 is 2.12 bits per heavy atom. The van der Waals surface area contributed by atoms with E-state index in [-0.39, 0.29) is 12.1 Å². The minimum Gasteiger partial charge on any atom is -0.497 e. The number of benzene rings is 1. The van der Waals surface area contributed by atoms with Crippen LogP contribution in [0.4, 0.5) is 0 Å². The number of aromatic nitrogens is 1. The number of hydrogen-bond donors (Lipinski definition) is 1. The molecule has 0 aliphatic carbocycles. The Bertz CT molecular complexity index is 848. The number of carboxylic acid groups (broad SMARTS) is 1. The van der Waals surface area contributed by atoms with Crippen molar-refractivity contribution in [3.05, 3.63) is 46.3 Å². The van der Waals surface area contributed by atoms with Gasteiger partial charge in [0.2, 0.25) is 0 Å². The van der Waals surface area contributed by atoms with Gasteiger partial charge in [0.05, 0.1) is 32.4 Å². The van der Waals surface area contributed by atoms with Crippen LogP contribution >= 0.6 is 0 Å². The van der Waals surface area contributed by atoms with Crippen molar-refractivity contribution in [2.45, 2.75) is 12.8 Å². The van der Waals surface area contributed by atoms with Crippen LogP contribution in [0.1, 0.15) is 5.56 Å². The fourth-order valence-electron chi connectivity index (χ4n) is 2.66. The summed E-state index contributed by atoms with van der Waals surface area (Å²) in [7, 11) is 1.54. The molecule has 0 bridgehead atoms. The van der Waals surface area contributed by atoms with Crippen LogP contribution < -0.4 is 10.3 Å². The second-order valence-electron chi connectivity index (χ2n) is 5.27. The number of pyridine rings is 1. The SMILES string of the molecule is COc1ccc2c(C=CC(=O)O)cc(=O)n(CC3OCCO3)c2c1. The highest BCUT2D eigenvalue weighted by molar-refractivity contribution is 5.93. The van der Waals surface area contributed by atoms with E-state index in [1.165, 1.54) is 12.1 Å². The van der Waals surface area contributed by atoms with Crippen molar-refractivity contribution in [2.75, 3.05) is 20.3 Å². The van der Waals surface area contributed by atoms with E-state index >= 15 is 0 Å². The topological polar surface area (TPSA) is 87.0 Å². The fraction of sp³-hybridized carbons (Fsp3) is 0.294. The summed E-state index contributed by atoms with van der Waals surface area (Å²) in [5.74, 6) is -0.475. The van der Waals surface area contributed by atoms with Gasteiger partial charge in [-0.05, 0) is 23.8 Å². The molecule has 3 rings (SSSR count). The lowest BCUT2D eigenvalue weighted by atomic mass is 10.1. The van der Waals surface area contributed by atoms with E-state index in [0.717, 1.165) is 11.5 Å². The van der Waals surface area contributed by atoms with Crippen LogP contribution in [0.3, 0.4) is 0 Å². The average Bonchev–Trinajstić information content (AvgIpc) is 3.08. The molecule has 1 N–H and O–H groups in total. The van der Waals surface area contributed by atoms with E-state index in [2.05, 4.69) is 0 Å². The van der Waals surface area contributed by atoms with E-state index < -0.39 is 12.3 Å². The highest BCUT2D eigenvalue weighted by atomic mass is 16.7. The molecule has 126 valence electrons. The lowest BCUT2D eigenvalue weighted by Gasteiger charge is -2.16. The van der Waals surface area contributed by atoms with E-state index in [4.69, 9.17) is 19.3 Å². The first kappa shape index (κ1) is 16.2. The van der Waals surface area contributed by atoms with Crippen molar-refractivity contribution in [3.8, 4) is 5.75 Å². The second-order valence-corrected chi connectivity index (χ2v) is 5.27. The van der Waals surface area contributed by atoms with Crippen molar-refractivity contribution < 1.29 is 24.1 Å². The summed E-state index contributed by atoms with van der Waals surface area (Å²) in [6, 6.07) is 6.70. The van der Waals surface area contributed by atoms with Gasteiger partial charge in [-0.25, -0.2) is 4.79 Å². The number of aliphatic carboxylic acids is 1. The molecule has 2 heterocycles. The van der Waals surface area contributed by atoms with Crippen molar-refractivity contribution in [1.82, 2.24) is 4.57 Å². The molecule has 7 heteroatoms. The van der Waals surface area contributed by atoms with Gasteiger partial charge in [-0.2, -0.15) is 0 Å². The van der Waals surface area contributed by atoms with Gasteiger partial charge in [0.1, 0.15) is 5.75 Å². The third-order valence-corrected chi connectivity index (χ3v) is 3.78. The second kappa shape index (κ2) is 6.86.